The number of nitrogens with zero attached hydrogens (tertiary/aromatic N) is 2. The van der Waals surface area contributed by atoms with Gasteiger partial charge in [0.05, 0.1) is 17.5 Å². The van der Waals surface area contributed by atoms with Gasteiger partial charge in [-0.3, -0.25) is 14.6 Å². The molecule has 1 aliphatic carbocycles. The van der Waals surface area contributed by atoms with Crippen LogP contribution in [0.5, 0.6) is 0 Å². The van der Waals surface area contributed by atoms with Crippen LogP contribution in [0.3, 0.4) is 0 Å². The van der Waals surface area contributed by atoms with Gasteiger partial charge in [0.2, 0.25) is 5.91 Å². The Morgan fingerprint density at radius 2 is 2.08 bits per heavy atom. The largest absolute Gasteiger partial charge is 0.481 e. The zero-order chi connectivity index (χ0) is 17.6. The van der Waals surface area contributed by atoms with Gasteiger partial charge in [0.15, 0.2) is 0 Å². The number of hydrogen-bond donors (Lipinski definition) is 2. The third-order valence-corrected chi connectivity index (χ3v) is 5.50. The molecule has 1 saturated carbocycles. The van der Waals surface area contributed by atoms with Gasteiger partial charge in [-0.05, 0) is 25.0 Å². The summed E-state index contributed by atoms with van der Waals surface area (Å²) in [6, 6.07) is 3.84. The summed E-state index contributed by atoms with van der Waals surface area (Å²) in [7, 11) is 0. The average Bonchev–Trinajstić information content (AvgIpc) is 3.11. The number of carbonyl (C=O) groups excluding carboxylic acids is 1. The van der Waals surface area contributed by atoms with Gasteiger partial charge < -0.3 is 10.4 Å². The van der Waals surface area contributed by atoms with Crippen molar-refractivity contribution >= 4 is 23.2 Å². The van der Waals surface area contributed by atoms with E-state index in [4.69, 9.17) is 0 Å². The predicted molar refractivity (Wildman–Crippen MR) is 95.1 cm³/mol. The lowest BCUT2D eigenvalue weighted by atomic mass is 9.78. The van der Waals surface area contributed by atoms with Crippen molar-refractivity contribution in [1.29, 1.82) is 0 Å². The predicted octanol–water partition coefficient (Wildman–Crippen LogP) is 2.75. The molecule has 2 N–H and O–H groups in total. The molecule has 0 radical (unpaired) electrons. The molecule has 0 spiro atoms. The molecule has 0 saturated heterocycles. The number of aliphatic carboxylic acids is 1. The van der Waals surface area contributed by atoms with Gasteiger partial charge in [0, 0.05) is 36.3 Å². The van der Waals surface area contributed by atoms with E-state index < -0.39 is 17.8 Å². The molecule has 1 aliphatic rings. The third-order valence-electron chi connectivity index (χ3n) is 4.56. The average molecular weight is 359 g/mol. The fraction of sp³-hybridized carbons (Fsp3) is 0.444. The number of amides is 1. The topological polar surface area (TPSA) is 92.2 Å². The fourth-order valence-corrected chi connectivity index (χ4v) is 4.07. The number of carbonyl (C=O) groups is 2. The van der Waals surface area contributed by atoms with Crippen molar-refractivity contribution in [3.8, 4) is 10.6 Å². The van der Waals surface area contributed by atoms with E-state index in [0.717, 1.165) is 29.1 Å². The van der Waals surface area contributed by atoms with Gasteiger partial charge >= 0.3 is 5.97 Å². The molecular weight excluding hydrogens is 338 g/mol. The molecule has 2 heterocycles. The van der Waals surface area contributed by atoms with E-state index >= 15 is 0 Å². The quantitative estimate of drug-likeness (QED) is 0.827. The minimum absolute atomic E-state index is 0.144. The third kappa shape index (κ3) is 4.42. The van der Waals surface area contributed by atoms with Crippen molar-refractivity contribution in [3.05, 3.63) is 35.6 Å². The van der Waals surface area contributed by atoms with Crippen molar-refractivity contribution in [2.75, 3.05) is 6.54 Å². The van der Waals surface area contributed by atoms with Crippen LogP contribution >= 0.6 is 11.3 Å². The lowest BCUT2D eigenvalue weighted by Gasteiger charge is -2.27. The Morgan fingerprint density at radius 3 is 2.80 bits per heavy atom. The smallest absolute Gasteiger partial charge is 0.307 e. The van der Waals surface area contributed by atoms with Crippen LogP contribution in [0.4, 0.5) is 0 Å². The molecular formula is C18H21N3O3S. The fourth-order valence-electron chi connectivity index (χ4n) is 3.23. The molecule has 1 fully saturated rings. The minimum Gasteiger partial charge on any atom is -0.481 e. The molecule has 2 atom stereocenters. The second-order valence-electron chi connectivity index (χ2n) is 6.26. The van der Waals surface area contributed by atoms with E-state index in [-0.39, 0.29) is 5.91 Å². The van der Waals surface area contributed by atoms with Gasteiger partial charge in [-0.25, -0.2) is 4.98 Å². The Balaban J connectivity index is 1.52. The normalized spacial score (nSPS) is 20.2. The molecule has 6 nitrogen and oxygen atoms in total. The van der Waals surface area contributed by atoms with Crippen LogP contribution in [0.25, 0.3) is 10.6 Å². The molecule has 0 aromatic carbocycles. The summed E-state index contributed by atoms with van der Waals surface area (Å²) < 4.78 is 0. The van der Waals surface area contributed by atoms with E-state index in [2.05, 4.69) is 15.3 Å². The summed E-state index contributed by atoms with van der Waals surface area (Å²) in [5.74, 6) is -1.96. The van der Waals surface area contributed by atoms with Crippen LogP contribution in [0, 0.1) is 11.8 Å². The summed E-state index contributed by atoms with van der Waals surface area (Å²) in [6.45, 7) is 0.470. The Morgan fingerprint density at radius 1 is 1.28 bits per heavy atom. The van der Waals surface area contributed by atoms with Crippen LogP contribution in [-0.2, 0) is 16.0 Å². The Kier molecular flexibility index (Phi) is 5.75. The first kappa shape index (κ1) is 17.5. The first-order valence-corrected chi connectivity index (χ1v) is 9.38. The van der Waals surface area contributed by atoms with Crippen LogP contribution in [0.1, 0.15) is 31.4 Å². The molecule has 3 rings (SSSR count). The molecule has 7 heteroatoms. The second kappa shape index (κ2) is 8.20. The summed E-state index contributed by atoms with van der Waals surface area (Å²) in [4.78, 5) is 32.3. The maximum absolute atomic E-state index is 12.3. The van der Waals surface area contributed by atoms with Crippen molar-refractivity contribution in [1.82, 2.24) is 15.3 Å². The first-order valence-electron chi connectivity index (χ1n) is 8.50. The van der Waals surface area contributed by atoms with Crippen LogP contribution in [-0.4, -0.2) is 33.5 Å². The molecule has 0 bridgehead atoms. The van der Waals surface area contributed by atoms with Crippen LogP contribution in [0.15, 0.2) is 29.9 Å². The number of carboxylic acids is 1. The molecule has 1 amide bonds. The zero-order valence-electron chi connectivity index (χ0n) is 13.9. The standard InChI is InChI=1S/C18H21N3O3S/c22-16(14-5-1-2-6-15(14)18(23)24)20-9-7-13-11-25-17(21-13)12-4-3-8-19-10-12/h3-4,8,10-11,14-15H,1-2,5-7,9H2,(H,20,22)(H,23,24)/t14-,15-/m0/s1. The van der Waals surface area contributed by atoms with Crippen molar-refractivity contribution in [3.63, 3.8) is 0 Å². The first-order chi connectivity index (χ1) is 12.1. The summed E-state index contributed by atoms with van der Waals surface area (Å²) in [6.07, 6.45) is 7.19. The van der Waals surface area contributed by atoms with Crippen LogP contribution in [0.2, 0.25) is 0 Å². The number of thiazole rings is 1. The van der Waals surface area contributed by atoms with E-state index in [1.807, 2.05) is 17.5 Å². The lowest BCUT2D eigenvalue weighted by Crippen LogP contribution is -2.40. The highest BCUT2D eigenvalue weighted by Crippen LogP contribution is 2.30. The van der Waals surface area contributed by atoms with Crippen molar-refractivity contribution < 1.29 is 14.7 Å². The number of rotatable bonds is 6. The Hall–Kier alpha value is -2.28. The number of hydrogen-bond acceptors (Lipinski definition) is 5. The highest BCUT2D eigenvalue weighted by molar-refractivity contribution is 7.13. The molecule has 0 unspecified atom stereocenters. The monoisotopic (exact) mass is 359 g/mol. The van der Waals surface area contributed by atoms with Gasteiger partial charge in [-0.15, -0.1) is 11.3 Å². The second-order valence-corrected chi connectivity index (χ2v) is 7.12. The minimum atomic E-state index is -0.861. The highest BCUT2D eigenvalue weighted by atomic mass is 32.1. The summed E-state index contributed by atoms with van der Waals surface area (Å²) in [5, 5.41) is 15.1. The molecule has 2 aromatic rings. The molecule has 2 aromatic heterocycles. The van der Waals surface area contributed by atoms with E-state index in [1.165, 1.54) is 0 Å². The van der Waals surface area contributed by atoms with E-state index in [0.29, 0.717) is 25.8 Å². The van der Waals surface area contributed by atoms with E-state index in [9.17, 15) is 14.7 Å². The summed E-state index contributed by atoms with van der Waals surface area (Å²) in [5.41, 5.74) is 1.90. The highest BCUT2D eigenvalue weighted by Gasteiger charge is 2.35. The number of nitrogens with one attached hydrogen (secondary N) is 1. The Bertz CT molecular complexity index is 732. The van der Waals surface area contributed by atoms with Gasteiger partial charge in [0.25, 0.3) is 0 Å². The number of aromatic nitrogens is 2. The molecule has 132 valence electrons. The van der Waals surface area contributed by atoms with E-state index in [1.54, 1.807) is 23.7 Å². The van der Waals surface area contributed by atoms with Crippen molar-refractivity contribution in [2.24, 2.45) is 11.8 Å². The summed E-state index contributed by atoms with van der Waals surface area (Å²) >= 11 is 1.55. The number of carboxylic acid groups (broad SMARTS) is 1. The lowest BCUT2D eigenvalue weighted by molar-refractivity contribution is -0.148. The van der Waals surface area contributed by atoms with Gasteiger partial charge in [-0.1, -0.05) is 12.8 Å². The number of pyridine rings is 1. The van der Waals surface area contributed by atoms with Crippen molar-refractivity contribution in [2.45, 2.75) is 32.1 Å². The zero-order valence-corrected chi connectivity index (χ0v) is 14.7. The maximum atomic E-state index is 12.3. The maximum Gasteiger partial charge on any atom is 0.307 e. The van der Waals surface area contributed by atoms with Crippen LogP contribution < -0.4 is 5.32 Å². The Labute approximate surface area is 150 Å². The van der Waals surface area contributed by atoms with Gasteiger partial charge in [0.1, 0.15) is 5.01 Å². The molecule has 25 heavy (non-hydrogen) atoms. The van der Waals surface area contributed by atoms with Gasteiger partial charge in [-0.2, -0.15) is 0 Å². The molecule has 0 aliphatic heterocycles. The SMILES string of the molecule is O=C(O)[C@H]1CCCC[C@@H]1C(=O)NCCc1csc(-c2cccnc2)n1.